The second-order valence-corrected chi connectivity index (χ2v) is 42.9. The highest BCUT2D eigenvalue weighted by molar-refractivity contribution is 7.26. The Kier molecular flexibility index (Phi) is 17.0. The molecule has 676 valence electrons. The Morgan fingerprint density at radius 1 is 0.172 bits per heavy atom. The maximum atomic E-state index is 6.39. The summed E-state index contributed by atoms with van der Waals surface area (Å²) in [6.07, 6.45) is 0. The minimum absolute atomic E-state index is 0.0840. The second-order valence-electron chi connectivity index (χ2n) is 39.6. The standard InChI is InChI=1S/C48H28N2S.C45H30N2S.C42H24N2OS/c1-2-12-34-32(10-1)33-11-3-4-13-35(33)41-26-29(20-23-36(34)41)49(31-22-25-47-43(28-31)38-15-6-8-19-46(38)51-47)30-21-24-45-42(27-30)40-17-9-16-39-37-14-5-7-18-44(37)50(45)48(39)40;1-45(2)38-15-6-3-10-30(38)31-21-18-29(26-39(31)45)46(28-20-23-43-37(25-28)33-12-5-8-17-42(33)48-43)27-19-22-41-36(24-27)35-14-9-13-34-32-11-4-7-16-40(32)47(41)44(34)35;1-4-13-36-28(8-1)32-11-7-12-33-34-22-25(17-20-37(34)44(36)42(32)33)43(26-18-21-41-35(23-26)31-10-3-6-15-40(31)46-41)27-16-19-30-29-9-2-5-14-38(29)45-39(30)24-27/h1-28H;3-26H,1-2H3;1-24H. The van der Waals surface area contributed by atoms with Crippen molar-refractivity contribution < 1.29 is 4.42 Å². The van der Waals surface area contributed by atoms with Gasteiger partial charge in [0.15, 0.2) is 0 Å². The van der Waals surface area contributed by atoms with Gasteiger partial charge in [-0.1, -0.05) is 281 Å². The molecule has 0 amide bonds. The van der Waals surface area contributed by atoms with Crippen LogP contribution in [0.4, 0.5) is 51.2 Å². The summed E-state index contributed by atoms with van der Waals surface area (Å²) in [5.41, 5.74) is 28.8. The average molecular weight is 1900 g/mol. The first kappa shape index (κ1) is 80.9. The van der Waals surface area contributed by atoms with E-state index in [1.165, 1.54) is 241 Å². The van der Waals surface area contributed by atoms with Crippen LogP contribution >= 0.6 is 34.0 Å². The predicted molar refractivity (Wildman–Crippen MR) is 623 cm³/mol. The minimum atomic E-state index is -0.0840. The highest BCUT2D eigenvalue weighted by Crippen LogP contribution is 2.55. The Morgan fingerprint density at radius 2 is 0.434 bits per heavy atom. The van der Waals surface area contributed by atoms with E-state index in [9.17, 15) is 0 Å². The molecule has 33 aromatic rings. The number of thiophene rings is 3. The largest absolute Gasteiger partial charge is 0.456 e. The van der Waals surface area contributed by atoms with E-state index in [1.54, 1.807) is 0 Å². The van der Waals surface area contributed by atoms with Crippen LogP contribution in [-0.4, -0.2) is 13.2 Å². The molecule has 0 saturated heterocycles. The maximum absolute atomic E-state index is 6.39. The number of anilines is 9. The van der Waals surface area contributed by atoms with E-state index in [0.29, 0.717) is 0 Å². The summed E-state index contributed by atoms with van der Waals surface area (Å²) in [5, 5.41) is 33.2. The van der Waals surface area contributed by atoms with E-state index in [2.05, 4.69) is 491 Å². The van der Waals surface area contributed by atoms with Gasteiger partial charge in [0.05, 0.1) is 49.7 Å². The highest BCUT2D eigenvalue weighted by Gasteiger charge is 2.37. The average Bonchev–Trinajstić information content (AvgIpc) is 1.54. The van der Waals surface area contributed by atoms with Gasteiger partial charge in [-0.15, -0.1) is 34.0 Å². The van der Waals surface area contributed by atoms with Crippen LogP contribution in [-0.2, 0) is 5.41 Å². The van der Waals surface area contributed by atoms with Crippen molar-refractivity contribution in [1.82, 2.24) is 13.2 Å². The maximum Gasteiger partial charge on any atom is 0.137 e. The smallest absolute Gasteiger partial charge is 0.137 e. The third kappa shape index (κ3) is 11.7. The van der Waals surface area contributed by atoms with Crippen LogP contribution in [0.15, 0.2) is 465 Å². The molecule has 1 aliphatic carbocycles. The molecule has 10 aromatic heterocycles. The van der Waals surface area contributed by atoms with Crippen LogP contribution in [0.5, 0.6) is 0 Å². The number of fused-ring (bicyclic) bond motifs is 39. The molecule has 145 heavy (non-hydrogen) atoms. The van der Waals surface area contributed by atoms with Crippen molar-refractivity contribution >= 4 is 314 Å². The lowest BCUT2D eigenvalue weighted by atomic mass is 9.82. The van der Waals surface area contributed by atoms with Gasteiger partial charge >= 0.3 is 0 Å². The summed E-state index contributed by atoms with van der Waals surface area (Å²) in [5.74, 6) is 0. The van der Waals surface area contributed by atoms with E-state index in [-0.39, 0.29) is 5.41 Å². The zero-order valence-corrected chi connectivity index (χ0v) is 81.1. The lowest BCUT2D eigenvalue weighted by Gasteiger charge is -2.28. The van der Waals surface area contributed by atoms with E-state index < -0.39 is 0 Å². The molecule has 0 unspecified atom stereocenters. The Morgan fingerprint density at radius 3 is 0.862 bits per heavy atom. The number of hydrogen-bond acceptors (Lipinski definition) is 7. The summed E-state index contributed by atoms with van der Waals surface area (Å²) in [7, 11) is 0. The van der Waals surface area contributed by atoms with Gasteiger partial charge in [0, 0.05) is 199 Å². The van der Waals surface area contributed by atoms with Gasteiger partial charge in [0.2, 0.25) is 0 Å². The lowest BCUT2D eigenvalue weighted by molar-refractivity contribution is 0.660. The summed E-state index contributed by atoms with van der Waals surface area (Å²) < 4.78 is 21.6. The highest BCUT2D eigenvalue weighted by atomic mass is 32.1. The topological polar surface area (TPSA) is 36.1 Å². The van der Waals surface area contributed by atoms with E-state index in [1.807, 2.05) is 46.1 Å². The molecule has 34 rings (SSSR count). The molecule has 0 atom stereocenters. The van der Waals surface area contributed by atoms with Crippen LogP contribution < -0.4 is 14.7 Å². The fourth-order valence-electron chi connectivity index (χ4n) is 25.3. The molecule has 10 heteroatoms. The fraction of sp³-hybridized carbons (Fsp3) is 0.0222. The zero-order valence-electron chi connectivity index (χ0n) is 78.7. The SMILES string of the molecule is CC1(C)c2ccccc2-c2ccc(N(c3ccc4sc5ccccc5c4c3)c3ccc4c(c3)c3cccc5c6ccccc6n4c53)cc21.c1ccc2c(c1)oc1cc(N(c3ccc4sc5ccccc5c4c3)c3ccc4c(c3)c3cccc5c6ccccc6n4c53)ccc12.c1ccc2c(c1)sc1ccc(N(c3ccc4c5ccccc5c5ccccc5c4c3)c3ccc4c(c3)c3cccc5c6ccccc6n4c53)cc12. The predicted octanol–water partition coefficient (Wildman–Crippen LogP) is 39.7. The molecule has 0 aliphatic heterocycles. The van der Waals surface area contributed by atoms with Gasteiger partial charge < -0.3 is 32.3 Å². The van der Waals surface area contributed by atoms with Crippen molar-refractivity contribution in [2.45, 2.75) is 19.3 Å². The Bertz CT molecular complexity index is 11300. The first-order chi connectivity index (χ1) is 71.7. The minimum Gasteiger partial charge on any atom is -0.456 e. The van der Waals surface area contributed by atoms with Crippen LogP contribution in [0.1, 0.15) is 25.0 Å². The number of furan rings is 1. The van der Waals surface area contributed by atoms with Gasteiger partial charge in [-0.05, 0) is 243 Å². The third-order valence-corrected chi connectivity index (χ3v) is 35.1. The van der Waals surface area contributed by atoms with Gasteiger partial charge in [-0.25, -0.2) is 0 Å². The molecule has 7 nitrogen and oxygen atoms in total. The number of para-hydroxylation sites is 7. The molecule has 1 aliphatic rings. The molecular weight excluding hydrogens is 1820 g/mol. The molecule has 0 spiro atoms. The molecule has 0 bridgehead atoms. The summed E-state index contributed by atoms with van der Waals surface area (Å²) in [6.45, 7) is 4.73. The molecule has 23 aromatic carbocycles. The van der Waals surface area contributed by atoms with E-state index >= 15 is 0 Å². The van der Waals surface area contributed by atoms with Crippen molar-refractivity contribution in [1.29, 1.82) is 0 Å². The number of rotatable bonds is 9. The van der Waals surface area contributed by atoms with E-state index in [0.717, 1.165) is 61.8 Å². The van der Waals surface area contributed by atoms with Crippen LogP contribution in [0.2, 0.25) is 0 Å². The van der Waals surface area contributed by atoms with Gasteiger partial charge in [0.25, 0.3) is 0 Å². The Labute approximate surface area is 842 Å². The molecular formula is C135H82N6OS3. The molecule has 10 heterocycles. The monoisotopic (exact) mass is 1900 g/mol. The Balaban J connectivity index is 0.0000000972. The summed E-state index contributed by atoms with van der Waals surface area (Å²) in [6, 6.07) is 170. The molecule has 0 N–H and O–H groups in total. The summed E-state index contributed by atoms with van der Waals surface area (Å²) >= 11 is 5.58. The zero-order chi connectivity index (χ0) is 94.9. The van der Waals surface area contributed by atoms with Gasteiger partial charge in [-0.2, -0.15) is 0 Å². The van der Waals surface area contributed by atoms with E-state index in [4.69, 9.17) is 4.42 Å². The van der Waals surface area contributed by atoms with Crippen molar-refractivity contribution in [3.05, 3.63) is 472 Å². The molecule has 0 radical (unpaired) electrons. The number of aromatic nitrogens is 3. The van der Waals surface area contributed by atoms with Crippen LogP contribution in [0, 0.1) is 0 Å². The lowest BCUT2D eigenvalue weighted by Crippen LogP contribution is -2.16. The third-order valence-electron chi connectivity index (χ3n) is 31.7. The number of hydrogen-bond donors (Lipinski definition) is 0. The first-order valence-corrected chi connectivity index (χ1v) is 52.3. The van der Waals surface area contributed by atoms with Gasteiger partial charge in [0.1, 0.15) is 11.2 Å². The number of benzene rings is 23. The van der Waals surface area contributed by atoms with Crippen LogP contribution in [0.25, 0.3) is 240 Å². The Hall–Kier alpha value is -17.9. The fourth-order valence-corrected chi connectivity index (χ4v) is 28.6. The van der Waals surface area contributed by atoms with Gasteiger partial charge in [-0.3, -0.25) is 0 Å². The van der Waals surface area contributed by atoms with Crippen molar-refractivity contribution in [3.8, 4) is 11.1 Å². The van der Waals surface area contributed by atoms with Crippen LogP contribution in [0.3, 0.4) is 0 Å². The number of nitrogens with zero attached hydrogens (tertiary/aromatic N) is 6. The first-order valence-electron chi connectivity index (χ1n) is 49.8. The quantitative estimate of drug-likeness (QED) is 0.135. The van der Waals surface area contributed by atoms with Crippen molar-refractivity contribution in [3.63, 3.8) is 0 Å². The van der Waals surface area contributed by atoms with Crippen molar-refractivity contribution in [2.24, 2.45) is 0 Å². The normalized spacial score (nSPS) is 12.8. The second kappa shape index (κ2) is 30.6. The molecule has 0 saturated carbocycles. The van der Waals surface area contributed by atoms with Crippen molar-refractivity contribution in [2.75, 3.05) is 14.7 Å². The molecule has 0 fully saturated rings. The summed E-state index contributed by atoms with van der Waals surface area (Å²) in [4.78, 5) is 7.31.